The summed E-state index contributed by atoms with van der Waals surface area (Å²) in [7, 11) is 2.05. The van der Waals surface area contributed by atoms with Gasteiger partial charge < -0.3 is 5.32 Å². The van der Waals surface area contributed by atoms with Crippen molar-refractivity contribution >= 4 is 11.8 Å². The second kappa shape index (κ2) is 5.76. The second-order valence-corrected chi connectivity index (χ2v) is 6.09. The number of hydrogen-bond donors (Lipinski definition) is 1. The minimum atomic E-state index is 0.414. The first-order valence-electron chi connectivity index (χ1n) is 6.71. The lowest BCUT2D eigenvalue weighted by Crippen LogP contribution is -2.32. The van der Waals surface area contributed by atoms with Crippen molar-refractivity contribution in [3.63, 3.8) is 0 Å². The number of hydrogen-bond acceptors (Lipinski definition) is 3. The maximum atomic E-state index is 4.43. The molecule has 0 aliphatic heterocycles. The first-order chi connectivity index (χ1) is 9.38. The van der Waals surface area contributed by atoms with E-state index in [-0.39, 0.29) is 0 Å². The van der Waals surface area contributed by atoms with Gasteiger partial charge in [-0.3, -0.25) is 0 Å². The van der Waals surface area contributed by atoms with Crippen molar-refractivity contribution in [1.29, 1.82) is 0 Å². The number of nitrogens with zero attached hydrogens (tertiary/aromatic N) is 1. The SMILES string of the molecule is CNC1c2ccccc2CCC1Sc1ccccn1. The van der Waals surface area contributed by atoms with Crippen LogP contribution >= 0.6 is 11.8 Å². The molecule has 0 bridgehead atoms. The summed E-state index contributed by atoms with van der Waals surface area (Å²) >= 11 is 1.89. The molecule has 0 saturated heterocycles. The van der Waals surface area contributed by atoms with Crippen LogP contribution in [0.1, 0.15) is 23.6 Å². The zero-order valence-electron chi connectivity index (χ0n) is 11.0. The average Bonchev–Trinajstić information content (AvgIpc) is 2.48. The standard InChI is InChI=1S/C16H18N2S/c1-17-16-13-7-3-2-6-12(13)9-10-14(16)19-15-8-4-5-11-18-15/h2-8,11,14,16-17H,9-10H2,1H3. The Balaban J connectivity index is 1.84. The summed E-state index contributed by atoms with van der Waals surface area (Å²) in [6, 6.07) is 15.3. The lowest BCUT2D eigenvalue weighted by molar-refractivity contribution is 0.510. The number of rotatable bonds is 3. The van der Waals surface area contributed by atoms with Crippen LogP contribution in [-0.4, -0.2) is 17.3 Å². The molecule has 1 aliphatic rings. The summed E-state index contributed by atoms with van der Waals surface area (Å²) < 4.78 is 0. The Morgan fingerprint density at radius 2 is 2.00 bits per heavy atom. The van der Waals surface area contributed by atoms with Gasteiger partial charge in [-0.2, -0.15) is 0 Å². The molecule has 2 aromatic rings. The Kier molecular flexibility index (Phi) is 3.85. The van der Waals surface area contributed by atoms with E-state index in [0.717, 1.165) is 5.03 Å². The Hall–Kier alpha value is -1.32. The fourth-order valence-electron chi connectivity index (χ4n) is 2.77. The van der Waals surface area contributed by atoms with Crippen molar-refractivity contribution in [2.24, 2.45) is 0 Å². The largest absolute Gasteiger partial charge is 0.312 e. The normalized spacial score (nSPS) is 21.9. The van der Waals surface area contributed by atoms with E-state index in [9.17, 15) is 0 Å². The molecule has 2 unspecified atom stereocenters. The van der Waals surface area contributed by atoms with Gasteiger partial charge in [-0.15, -0.1) is 11.8 Å². The van der Waals surface area contributed by atoms with Crippen molar-refractivity contribution in [3.8, 4) is 0 Å². The highest BCUT2D eigenvalue weighted by Gasteiger charge is 2.29. The number of pyridine rings is 1. The molecule has 0 spiro atoms. The van der Waals surface area contributed by atoms with Gasteiger partial charge in [0.05, 0.1) is 5.03 Å². The quantitative estimate of drug-likeness (QED) is 0.924. The van der Waals surface area contributed by atoms with Gasteiger partial charge in [-0.25, -0.2) is 4.98 Å². The summed E-state index contributed by atoms with van der Waals surface area (Å²) in [4.78, 5) is 4.43. The molecule has 3 heteroatoms. The number of aromatic nitrogens is 1. The van der Waals surface area contributed by atoms with Crippen molar-refractivity contribution in [3.05, 3.63) is 59.8 Å². The predicted molar refractivity (Wildman–Crippen MR) is 80.4 cm³/mol. The van der Waals surface area contributed by atoms with Crippen LogP contribution in [-0.2, 0) is 6.42 Å². The minimum Gasteiger partial charge on any atom is -0.312 e. The number of nitrogens with one attached hydrogen (secondary N) is 1. The minimum absolute atomic E-state index is 0.414. The Labute approximate surface area is 118 Å². The molecule has 1 aromatic carbocycles. The molecule has 2 atom stereocenters. The highest BCUT2D eigenvalue weighted by molar-refractivity contribution is 7.99. The highest BCUT2D eigenvalue weighted by atomic mass is 32.2. The van der Waals surface area contributed by atoms with Crippen molar-refractivity contribution in [1.82, 2.24) is 10.3 Å². The van der Waals surface area contributed by atoms with Gasteiger partial charge in [-0.05, 0) is 43.1 Å². The zero-order valence-corrected chi connectivity index (χ0v) is 11.9. The van der Waals surface area contributed by atoms with Gasteiger partial charge >= 0.3 is 0 Å². The Morgan fingerprint density at radius 3 is 2.79 bits per heavy atom. The molecule has 1 N–H and O–H groups in total. The van der Waals surface area contributed by atoms with Crippen LogP contribution in [0, 0.1) is 0 Å². The van der Waals surface area contributed by atoms with E-state index in [4.69, 9.17) is 0 Å². The molecule has 1 heterocycles. The van der Waals surface area contributed by atoms with Gasteiger partial charge in [0.1, 0.15) is 0 Å². The van der Waals surface area contributed by atoms with Crippen molar-refractivity contribution < 1.29 is 0 Å². The molecule has 98 valence electrons. The van der Waals surface area contributed by atoms with Gasteiger partial charge in [0.25, 0.3) is 0 Å². The molecular formula is C16H18N2S. The van der Waals surface area contributed by atoms with Crippen LogP contribution in [0.25, 0.3) is 0 Å². The fraction of sp³-hybridized carbons (Fsp3) is 0.312. The summed E-state index contributed by atoms with van der Waals surface area (Å²) in [6.45, 7) is 0. The molecule has 1 aliphatic carbocycles. The molecule has 0 fully saturated rings. The Bertz CT molecular complexity index is 541. The lowest BCUT2D eigenvalue weighted by atomic mass is 9.87. The lowest BCUT2D eigenvalue weighted by Gasteiger charge is -2.32. The van der Waals surface area contributed by atoms with Crippen molar-refractivity contribution in [2.75, 3.05) is 7.05 Å². The van der Waals surface area contributed by atoms with E-state index in [1.807, 2.05) is 24.0 Å². The van der Waals surface area contributed by atoms with Crippen LogP contribution in [0.3, 0.4) is 0 Å². The molecule has 0 amide bonds. The molecule has 1 aromatic heterocycles. The third kappa shape index (κ3) is 2.67. The van der Waals surface area contributed by atoms with Gasteiger partial charge in [0.15, 0.2) is 0 Å². The summed E-state index contributed by atoms with van der Waals surface area (Å²) in [5.41, 5.74) is 2.93. The molecule has 0 saturated carbocycles. The number of aryl methyl sites for hydroxylation is 1. The van der Waals surface area contributed by atoms with Crippen LogP contribution in [0.4, 0.5) is 0 Å². The van der Waals surface area contributed by atoms with Gasteiger partial charge in [-0.1, -0.05) is 30.3 Å². The Morgan fingerprint density at radius 1 is 1.16 bits per heavy atom. The van der Waals surface area contributed by atoms with E-state index >= 15 is 0 Å². The van der Waals surface area contributed by atoms with E-state index in [2.05, 4.69) is 53.7 Å². The maximum Gasteiger partial charge on any atom is 0.0963 e. The smallest absolute Gasteiger partial charge is 0.0963 e. The predicted octanol–water partition coefficient (Wildman–Crippen LogP) is 3.45. The van der Waals surface area contributed by atoms with Crippen LogP contribution < -0.4 is 5.32 Å². The van der Waals surface area contributed by atoms with Crippen LogP contribution in [0.2, 0.25) is 0 Å². The van der Waals surface area contributed by atoms with Crippen LogP contribution in [0.5, 0.6) is 0 Å². The first-order valence-corrected chi connectivity index (χ1v) is 7.59. The fourth-order valence-corrected chi connectivity index (χ4v) is 4.01. The van der Waals surface area contributed by atoms with Gasteiger partial charge in [0.2, 0.25) is 0 Å². The van der Waals surface area contributed by atoms with E-state index in [0.29, 0.717) is 11.3 Å². The monoisotopic (exact) mass is 270 g/mol. The molecule has 0 radical (unpaired) electrons. The van der Waals surface area contributed by atoms with Crippen molar-refractivity contribution in [2.45, 2.75) is 29.2 Å². The number of thioether (sulfide) groups is 1. The first kappa shape index (κ1) is 12.7. The number of fused-ring (bicyclic) bond motifs is 1. The molecule has 3 rings (SSSR count). The topological polar surface area (TPSA) is 24.9 Å². The third-order valence-electron chi connectivity index (χ3n) is 3.68. The van der Waals surface area contributed by atoms with E-state index in [1.54, 1.807) is 0 Å². The van der Waals surface area contributed by atoms with Gasteiger partial charge in [0, 0.05) is 17.5 Å². The average molecular weight is 270 g/mol. The molecule has 19 heavy (non-hydrogen) atoms. The highest BCUT2D eigenvalue weighted by Crippen LogP contribution is 2.39. The summed E-state index contributed by atoms with van der Waals surface area (Å²) in [5, 5.41) is 5.15. The van der Waals surface area contributed by atoms with E-state index in [1.165, 1.54) is 24.0 Å². The molecular weight excluding hydrogens is 252 g/mol. The maximum absolute atomic E-state index is 4.43. The number of benzene rings is 1. The molecule has 2 nitrogen and oxygen atoms in total. The zero-order chi connectivity index (χ0) is 13.1. The van der Waals surface area contributed by atoms with Crippen LogP contribution in [0.15, 0.2) is 53.7 Å². The van der Waals surface area contributed by atoms with E-state index < -0.39 is 0 Å². The third-order valence-corrected chi connectivity index (χ3v) is 4.97. The summed E-state index contributed by atoms with van der Waals surface area (Å²) in [5.74, 6) is 0. The summed E-state index contributed by atoms with van der Waals surface area (Å²) in [6.07, 6.45) is 4.23. The second-order valence-electron chi connectivity index (χ2n) is 4.83.